The number of thiophene rings is 1. The van der Waals surface area contributed by atoms with Crippen molar-refractivity contribution in [2.75, 3.05) is 19.6 Å². The lowest BCUT2D eigenvalue weighted by Gasteiger charge is -2.26. The largest absolute Gasteiger partial charge is 0.295 e. The fraction of sp³-hybridized carbons (Fsp3) is 0.643. The van der Waals surface area contributed by atoms with Crippen molar-refractivity contribution in [2.45, 2.75) is 33.1 Å². The lowest BCUT2D eigenvalue weighted by atomic mass is 9.82. The van der Waals surface area contributed by atoms with Crippen LogP contribution in [0.15, 0.2) is 13.6 Å². The van der Waals surface area contributed by atoms with E-state index < -0.39 is 0 Å². The number of likely N-dealkylation sites (tertiary alicyclic amines) is 1. The highest BCUT2D eigenvalue weighted by Crippen LogP contribution is 2.37. The third kappa shape index (κ3) is 3.49. The number of hydrogen-bond donors (Lipinski definition) is 0. The van der Waals surface area contributed by atoms with Gasteiger partial charge in [-0.2, -0.15) is 0 Å². The van der Waals surface area contributed by atoms with Crippen LogP contribution < -0.4 is 0 Å². The van der Waals surface area contributed by atoms with E-state index in [1.807, 2.05) is 6.07 Å². The molecule has 0 amide bonds. The number of carbonyl (C=O) groups is 1. The van der Waals surface area contributed by atoms with E-state index in [1.165, 1.54) is 19.3 Å². The zero-order valence-electron chi connectivity index (χ0n) is 11.3. The molecule has 0 N–H and O–H groups in total. The van der Waals surface area contributed by atoms with Gasteiger partial charge in [0.2, 0.25) is 0 Å². The van der Waals surface area contributed by atoms with Crippen LogP contribution in [0.5, 0.6) is 0 Å². The lowest BCUT2D eigenvalue weighted by Crippen LogP contribution is -2.30. The van der Waals surface area contributed by atoms with E-state index in [-0.39, 0.29) is 5.78 Å². The Labute approximate surface area is 135 Å². The first-order valence-electron chi connectivity index (χ1n) is 6.70. The summed E-state index contributed by atoms with van der Waals surface area (Å²) in [6.07, 6.45) is 3.64. The smallest absolute Gasteiger partial charge is 0.178 e. The molecule has 0 radical (unpaired) electrons. The zero-order chi connectivity index (χ0) is 14.0. The lowest BCUT2D eigenvalue weighted by molar-refractivity contribution is 0.0936. The van der Waals surface area contributed by atoms with Crippen molar-refractivity contribution < 1.29 is 4.79 Å². The van der Waals surface area contributed by atoms with Crippen LogP contribution in [0.4, 0.5) is 0 Å². The number of halogens is 2. The first kappa shape index (κ1) is 15.7. The normalized spacial score (nSPS) is 18.9. The Bertz CT molecular complexity index is 468. The Morgan fingerprint density at radius 2 is 2.11 bits per heavy atom. The van der Waals surface area contributed by atoms with Gasteiger partial charge in [-0.15, -0.1) is 11.3 Å². The number of rotatable bonds is 5. The molecule has 19 heavy (non-hydrogen) atoms. The molecule has 5 heteroatoms. The standard InChI is InChI=1S/C14H19Br2NOS/c1-3-14(4-2)5-6-17(9-14)8-11(18)10-7-12(15)19-13(10)16/h7H,3-6,8-9H2,1-2H3. The van der Waals surface area contributed by atoms with E-state index >= 15 is 0 Å². The molecule has 106 valence electrons. The molecule has 0 aliphatic carbocycles. The molecule has 1 aromatic heterocycles. The molecule has 2 heterocycles. The van der Waals surface area contributed by atoms with E-state index in [4.69, 9.17) is 0 Å². The molecule has 2 rings (SSSR count). The van der Waals surface area contributed by atoms with E-state index in [2.05, 4.69) is 50.6 Å². The molecule has 0 spiro atoms. The van der Waals surface area contributed by atoms with Gasteiger partial charge in [-0.25, -0.2) is 0 Å². The average molecular weight is 409 g/mol. The summed E-state index contributed by atoms with van der Waals surface area (Å²) in [4.78, 5) is 14.6. The van der Waals surface area contributed by atoms with Crippen molar-refractivity contribution in [3.05, 3.63) is 19.2 Å². The van der Waals surface area contributed by atoms with Gasteiger partial charge in [0, 0.05) is 12.1 Å². The van der Waals surface area contributed by atoms with Crippen LogP contribution in [0.3, 0.4) is 0 Å². The molecule has 0 aromatic carbocycles. The van der Waals surface area contributed by atoms with Crippen molar-refractivity contribution in [2.24, 2.45) is 5.41 Å². The maximum atomic E-state index is 12.3. The molecule has 1 saturated heterocycles. The molecule has 0 bridgehead atoms. The summed E-state index contributed by atoms with van der Waals surface area (Å²) in [5.41, 5.74) is 1.24. The number of ketones is 1. The Balaban J connectivity index is 2.00. The topological polar surface area (TPSA) is 20.3 Å². The molecule has 1 fully saturated rings. The fourth-order valence-electron chi connectivity index (χ4n) is 2.81. The van der Waals surface area contributed by atoms with Crippen LogP contribution in [0, 0.1) is 5.41 Å². The number of carbonyl (C=O) groups excluding carboxylic acids is 1. The third-order valence-corrected chi connectivity index (χ3v) is 6.68. The predicted molar refractivity (Wildman–Crippen MR) is 88.1 cm³/mol. The Kier molecular flexibility index (Phi) is 5.26. The van der Waals surface area contributed by atoms with Gasteiger partial charge >= 0.3 is 0 Å². The molecule has 0 unspecified atom stereocenters. The van der Waals surface area contributed by atoms with Crippen molar-refractivity contribution in [1.82, 2.24) is 4.90 Å². The van der Waals surface area contributed by atoms with Gasteiger partial charge < -0.3 is 0 Å². The molecule has 0 saturated carbocycles. The quantitative estimate of drug-likeness (QED) is 0.641. The minimum atomic E-state index is 0.219. The van der Waals surface area contributed by atoms with Crippen LogP contribution >= 0.6 is 43.2 Å². The monoisotopic (exact) mass is 407 g/mol. The summed E-state index contributed by atoms with van der Waals surface area (Å²) in [6, 6.07) is 1.92. The summed E-state index contributed by atoms with van der Waals surface area (Å²) >= 11 is 8.45. The van der Waals surface area contributed by atoms with Gasteiger partial charge in [0.25, 0.3) is 0 Å². The summed E-state index contributed by atoms with van der Waals surface area (Å²) in [5, 5.41) is 0. The molecule has 2 nitrogen and oxygen atoms in total. The van der Waals surface area contributed by atoms with Crippen LogP contribution in [0.1, 0.15) is 43.5 Å². The summed E-state index contributed by atoms with van der Waals surface area (Å²) in [7, 11) is 0. The summed E-state index contributed by atoms with van der Waals surface area (Å²) in [5.74, 6) is 0.219. The van der Waals surface area contributed by atoms with Gasteiger partial charge in [0.1, 0.15) is 0 Å². The molecule has 1 aromatic rings. The first-order chi connectivity index (χ1) is 8.99. The van der Waals surface area contributed by atoms with E-state index in [9.17, 15) is 4.79 Å². The number of nitrogens with zero attached hydrogens (tertiary/aromatic N) is 1. The van der Waals surface area contributed by atoms with E-state index in [0.29, 0.717) is 12.0 Å². The first-order valence-corrected chi connectivity index (χ1v) is 9.10. The highest BCUT2D eigenvalue weighted by molar-refractivity contribution is 9.12. The second-order valence-corrected chi connectivity index (χ2v) is 9.08. The van der Waals surface area contributed by atoms with E-state index in [1.54, 1.807) is 11.3 Å². The highest BCUT2D eigenvalue weighted by Gasteiger charge is 2.35. The minimum absolute atomic E-state index is 0.219. The van der Waals surface area contributed by atoms with Gasteiger partial charge in [-0.3, -0.25) is 9.69 Å². The van der Waals surface area contributed by atoms with Crippen LogP contribution in [-0.2, 0) is 0 Å². The second kappa shape index (κ2) is 6.37. The predicted octanol–water partition coefficient (Wildman–Crippen LogP) is 4.97. The molecule has 0 atom stereocenters. The Hall–Kier alpha value is 0.290. The third-order valence-electron chi connectivity index (χ3n) is 4.34. The fourth-order valence-corrected chi connectivity index (χ4v) is 5.66. The summed E-state index contributed by atoms with van der Waals surface area (Å²) < 4.78 is 1.93. The van der Waals surface area contributed by atoms with E-state index in [0.717, 1.165) is 26.2 Å². The van der Waals surface area contributed by atoms with Crippen molar-refractivity contribution in [1.29, 1.82) is 0 Å². The average Bonchev–Trinajstić information content (AvgIpc) is 2.93. The molecular weight excluding hydrogens is 390 g/mol. The summed E-state index contributed by atoms with van der Waals surface area (Å²) in [6.45, 7) is 7.19. The number of Topliss-reactive ketones (excluding diaryl/α,β-unsaturated/α-hetero) is 1. The zero-order valence-corrected chi connectivity index (χ0v) is 15.3. The van der Waals surface area contributed by atoms with Crippen LogP contribution in [0.25, 0.3) is 0 Å². The van der Waals surface area contributed by atoms with Crippen molar-refractivity contribution >= 4 is 49.0 Å². The second-order valence-electron chi connectivity index (χ2n) is 5.33. The molecular formula is C14H19Br2NOS. The van der Waals surface area contributed by atoms with Crippen molar-refractivity contribution in [3.8, 4) is 0 Å². The minimum Gasteiger partial charge on any atom is -0.295 e. The van der Waals surface area contributed by atoms with Gasteiger partial charge in [0.05, 0.1) is 14.1 Å². The van der Waals surface area contributed by atoms with Gasteiger partial charge in [-0.1, -0.05) is 13.8 Å². The maximum absolute atomic E-state index is 12.3. The molecule has 1 aliphatic rings. The maximum Gasteiger partial charge on any atom is 0.178 e. The van der Waals surface area contributed by atoms with Crippen LogP contribution in [-0.4, -0.2) is 30.3 Å². The SMILES string of the molecule is CCC1(CC)CCN(CC(=O)c2cc(Br)sc2Br)C1. The number of hydrogen-bond acceptors (Lipinski definition) is 3. The molecule has 1 aliphatic heterocycles. The van der Waals surface area contributed by atoms with Crippen LogP contribution in [0.2, 0.25) is 0 Å². The highest BCUT2D eigenvalue weighted by atomic mass is 79.9. The van der Waals surface area contributed by atoms with Crippen molar-refractivity contribution in [3.63, 3.8) is 0 Å². The Morgan fingerprint density at radius 1 is 1.42 bits per heavy atom. The Morgan fingerprint density at radius 3 is 2.58 bits per heavy atom. The van der Waals surface area contributed by atoms with Gasteiger partial charge in [0.15, 0.2) is 5.78 Å². The van der Waals surface area contributed by atoms with Gasteiger partial charge in [-0.05, 0) is 69.1 Å².